The Morgan fingerprint density at radius 2 is 1.42 bits per heavy atom. The third-order valence-electron chi connectivity index (χ3n) is 3.21. The van der Waals surface area contributed by atoms with Crippen LogP contribution in [0.15, 0.2) is 48.8 Å². The lowest BCUT2D eigenvalue weighted by molar-refractivity contribution is 0.417. The first-order valence-corrected chi connectivity index (χ1v) is 6.26. The molecule has 0 amide bonds. The summed E-state index contributed by atoms with van der Waals surface area (Å²) in [6, 6.07) is 12.4. The molecular weight excluding hydrogens is 236 g/mol. The van der Waals surface area contributed by atoms with E-state index in [2.05, 4.69) is 41.2 Å². The molecule has 0 radical (unpaired) electrons. The number of rotatable bonds is 3. The summed E-state index contributed by atoms with van der Waals surface area (Å²) in [5, 5.41) is 0. The van der Waals surface area contributed by atoms with Crippen LogP contribution >= 0.6 is 0 Å². The summed E-state index contributed by atoms with van der Waals surface area (Å²) in [5.41, 5.74) is 5.49. The van der Waals surface area contributed by atoms with Gasteiger partial charge >= 0.3 is 0 Å². The molecule has 2 aromatic heterocycles. The van der Waals surface area contributed by atoms with E-state index in [0.717, 1.165) is 28.3 Å². The van der Waals surface area contributed by atoms with Crippen LogP contribution in [0.4, 0.5) is 0 Å². The van der Waals surface area contributed by atoms with Crippen molar-refractivity contribution in [3.8, 4) is 28.3 Å². The molecule has 96 valence electrons. The Labute approximate surface area is 112 Å². The van der Waals surface area contributed by atoms with E-state index in [1.165, 1.54) is 5.56 Å². The summed E-state index contributed by atoms with van der Waals surface area (Å²) in [4.78, 5) is 6.48. The van der Waals surface area contributed by atoms with Crippen molar-refractivity contribution < 1.29 is 4.74 Å². The zero-order chi connectivity index (χ0) is 13.2. The van der Waals surface area contributed by atoms with Gasteiger partial charge in [0.1, 0.15) is 5.75 Å². The van der Waals surface area contributed by atoms with Gasteiger partial charge in [0.05, 0.1) is 7.11 Å². The van der Waals surface area contributed by atoms with Gasteiger partial charge in [0.15, 0.2) is 0 Å². The number of hydrogen-bond donors (Lipinski definition) is 2. The van der Waals surface area contributed by atoms with Crippen LogP contribution in [0.3, 0.4) is 0 Å². The second kappa shape index (κ2) is 4.69. The maximum Gasteiger partial charge on any atom is 0.137 e. The Balaban J connectivity index is 2.26. The Bertz CT molecular complexity index is 612. The van der Waals surface area contributed by atoms with Crippen molar-refractivity contribution in [3.63, 3.8) is 0 Å². The van der Waals surface area contributed by atoms with Crippen molar-refractivity contribution in [1.29, 1.82) is 0 Å². The third kappa shape index (κ3) is 2.03. The Morgan fingerprint density at radius 3 is 1.79 bits per heavy atom. The number of nitrogens with one attached hydrogen (secondary N) is 2. The maximum atomic E-state index is 5.64. The molecule has 0 bridgehead atoms. The molecule has 3 aromatic rings. The first-order chi connectivity index (χ1) is 9.29. The molecule has 0 aliphatic heterocycles. The highest BCUT2D eigenvalue weighted by Gasteiger charge is 2.14. The van der Waals surface area contributed by atoms with E-state index in [0.29, 0.717) is 0 Å². The third-order valence-corrected chi connectivity index (χ3v) is 3.21. The number of aromatic amines is 2. The van der Waals surface area contributed by atoms with Crippen LogP contribution in [0.1, 0.15) is 5.56 Å². The van der Waals surface area contributed by atoms with Crippen LogP contribution in [-0.2, 0) is 0 Å². The zero-order valence-electron chi connectivity index (χ0n) is 11.0. The monoisotopic (exact) mass is 252 g/mol. The maximum absolute atomic E-state index is 5.64. The quantitative estimate of drug-likeness (QED) is 0.727. The van der Waals surface area contributed by atoms with E-state index >= 15 is 0 Å². The highest BCUT2D eigenvalue weighted by Crippen LogP contribution is 2.38. The lowest BCUT2D eigenvalue weighted by Crippen LogP contribution is -1.94. The van der Waals surface area contributed by atoms with E-state index in [-0.39, 0.29) is 0 Å². The first-order valence-electron chi connectivity index (χ1n) is 6.26. The predicted molar refractivity (Wildman–Crippen MR) is 77.3 cm³/mol. The molecule has 0 unspecified atom stereocenters. The molecule has 3 rings (SSSR count). The van der Waals surface area contributed by atoms with Gasteiger partial charge in [-0.05, 0) is 48.9 Å². The van der Waals surface area contributed by atoms with Crippen LogP contribution in [0.5, 0.6) is 5.75 Å². The fraction of sp³-hybridized carbons (Fsp3) is 0.125. The fourth-order valence-electron chi connectivity index (χ4n) is 2.39. The van der Waals surface area contributed by atoms with Crippen molar-refractivity contribution in [2.75, 3.05) is 7.11 Å². The second-order valence-corrected chi connectivity index (χ2v) is 4.56. The van der Waals surface area contributed by atoms with Crippen LogP contribution in [0, 0.1) is 6.92 Å². The Hall–Kier alpha value is -2.42. The van der Waals surface area contributed by atoms with E-state index in [4.69, 9.17) is 4.74 Å². The molecule has 3 heteroatoms. The highest BCUT2D eigenvalue weighted by molar-refractivity contribution is 5.80. The van der Waals surface area contributed by atoms with Gasteiger partial charge in [0.2, 0.25) is 0 Å². The predicted octanol–water partition coefficient (Wildman–Crippen LogP) is 3.99. The van der Waals surface area contributed by atoms with Crippen LogP contribution in [0.2, 0.25) is 0 Å². The number of methoxy groups -OCH3 is 1. The van der Waals surface area contributed by atoms with Gasteiger partial charge in [-0.15, -0.1) is 0 Å². The van der Waals surface area contributed by atoms with Gasteiger partial charge in [-0.2, -0.15) is 0 Å². The van der Waals surface area contributed by atoms with Gasteiger partial charge in [-0.1, -0.05) is 0 Å². The van der Waals surface area contributed by atoms with Crippen molar-refractivity contribution in [2.45, 2.75) is 6.92 Å². The molecule has 0 fully saturated rings. The number of H-pyrrole nitrogens is 2. The standard InChI is InChI=1S/C16H16N2O/c1-11-9-12(14-5-3-7-17-14)16(19-2)13(10-11)15-6-4-8-18-15/h3-10,17-18H,1-2H3. The SMILES string of the molecule is COc1c(-c2ccc[nH]2)cc(C)cc1-c1ccc[nH]1. The summed E-state index contributed by atoms with van der Waals surface area (Å²) in [7, 11) is 1.71. The number of hydrogen-bond acceptors (Lipinski definition) is 1. The van der Waals surface area contributed by atoms with Crippen LogP contribution in [0.25, 0.3) is 22.5 Å². The van der Waals surface area contributed by atoms with Crippen molar-refractivity contribution >= 4 is 0 Å². The number of benzene rings is 1. The molecule has 0 saturated heterocycles. The summed E-state index contributed by atoms with van der Waals surface area (Å²) in [6.07, 6.45) is 3.84. The number of aryl methyl sites for hydroxylation is 1. The Kier molecular flexibility index (Phi) is 2.88. The van der Waals surface area contributed by atoms with Gasteiger partial charge < -0.3 is 14.7 Å². The van der Waals surface area contributed by atoms with Crippen LogP contribution < -0.4 is 4.74 Å². The molecule has 2 heterocycles. The van der Waals surface area contributed by atoms with E-state index in [1.807, 2.05) is 24.5 Å². The van der Waals surface area contributed by atoms with Gasteiger partial charge in [0.25, 0.3) is 0 Å². The van der Waals surface area contributed by atoms with Gasteiger partial charge in [-0.25, -0.2) is 0 Å². The Morgan fingerprint density at radius 1 is 0.895 bits per heavy atom. The minimum Gasteiger partial charge on any atom is -0.495 e. The summed E-state index contributed by atoms with van der Waals surface area (Å²) in [6.45, 7) is 2.10. The molecule has 0 saturated carbocycles. The molecule has 1 aromatic carbocycles. The van der Waals surface area contributed by atoms with Crippen LogP contribution in [-0.4, -0.2) is 17.1 Å². The topological polar surface area (TPSA) is 40.8 Å². The summed E-state index contributed by atoms with van der Waals surface area (Å²) in [5.74, 6) is 0.885. The van der Waals surface area contributed by atoms with E-state index in [9.17, 15) is 0 Å². The molecular formula is C16H16N2O. The molecule has 0 aliphatic carbocycles. The first kappa shape index (κ1) is 11.7. The lowest BCUT2D eigenvalue weighted by Gasteiger charge is -2.13. The average Bonchev–Trinajstić information content (AvgIpc) is 3.11. The zero-order valence-corrected chi connectivity index (χ0v) is 11.0. The average molecular weight is 252 g/mol. The molecule has 3 nitrogen and oxygen atoms in total. The summed E-state index contributed by atoms with van der Waals surface area (Å²) < 4.78 is 5.64. The number of ether oxygens (including phenoxy) is 1. The smallest absolute Gasteiger partial charge is 0.137 e. The van der Waals surface area contributed by atoms with E-state index < -0.39 is 0 Å². The molecule has 2 N–H and O–H groups in total. The van der Waals surface area contributed by atoms with Gasteiger partial charge in [0, 0.05) is 34.9 Å². The van der Waals surface area contributed by atoms with Crippen molar-refractivity contribution in [2.24, 2.45) is 0 Å². The molecule has 19 heavy (non-hydrogen) atoms. The second-order valence-electron chi connectivity index (χ2n) is 4.56. The molecule has 0 atom stereocenters. The normalized spacial score (nSPS) is 10.6. The number of aromatic nitrogens is 2. The minimum absolute atomic E-state index is 0.885. The summed E-state index contributed by atoms with van der Waals surface area (Å²) >= 11 is 0. The minimum atomic E-state index is 0.885. The molecule has 0 spiro atoms. The van der Waals surface area contributed by atoms with Gasteiger partial charge in [-0.3, -0.25) is 0 Å². The lowest BCUT2D eigenvalue weighted by atomic mass is 10.0. The highest BCUT2D eigenvalue weighted by atomic mass is 16.5. The van der Waals surface area contributed by atoms with E-state index in [1.54, 1.807) is 7.11 Å². The van der Waals surface area contributed by atoms with Crippen molar-refractivity contribution in [3.05, 3.63) is 54.4 Å². The molecule has 0 aliphatic rings. The van der Waals surface area contributed by atoms with Crippen molar-refractivity contribution in [1.82, 2.24) is 9.97 Å². The largest absolute Gasteiger partial charge is 0.495 e. The fourth-order valence-corrected chi connectivity index (χ4v) is 2.39.